The third-order valence-corrected chi connectivity index (χ3v) is 3.81. The van der Waals surface area contributed by atoms with E-state index in [1.807, 2.05) is 0 Å². The average Bonchev–Trinajstić information content (AvgIpc) is 2.49. The van der Waals surface area contributed by atoms with Crippen LogP contribution in [0.3, 0.4) is 0 Å². The lowest BCUT2D eigenvalue weighted by molar-refractivity contribution is -0.118. The molecule has 0 aliphatic carbocycles. The lowest BCUT2D eigenvalue weighted by Crippen LogP contribution is -2.12. The summed E-state index contributed by atoms with van der Waals surface area (Å²) in [5.74, 6) is -0.0781. The summed E-state index contributed by atoms with van der Waals surface area (Å²) in [7, 11) is -3.85. The molecule has 2 aromatic carbocycles. The number of rotatable bonds is 5. The minimum atomic E-state index is -3.85. The van der Waals surface area contributed by atoms with E-state index in [0.717, 1.165) is 0 Å². The molecule has 22 heavy (non-hydrogen) atoms. The van der Waals surface area contributed by atoms with Crippen LogP contribution in [-0.2, 0) is 14.9 Å². The second-order valence-corrected chi connectivity index (χ2v) is 5.89. The van der Waals surface area contributed by atoms with Gasteiger partial charge in [-0.25, -0.2) is 5.43 Å². The second-order valence-electron chi connectivity index (χ2n) is 4.35. The van der Waals surface area contributed by atoms with Gasteiger partial charge in [0.1, 0.15) is 10.6 Å². The molecule has 114 valence electrons. The standard InChI is InChI=1S/C15H14N2O4S/c1-12(18)17-16-11-13-7-9-14(10-8-13)21-22(19,20)15-5-3-2-4-6-15/h2-11H,1H3,(H,17,18)/b16-11+. The minimum absolute atomic E-state index is 0.0892. The van der Waals surface area contributed by atoms with Crippen molar-refractivity contribution >= 4 is 22.2 Å². The Balaban J connectivity index is 2.08. The number of hydrogen-bond acceptors (Lipinski definition) is 5. The topological polar surface area (TPSA) is 84.8 Å². The first-order chi connectivity index (χ1) is 10.5. The van der Waals surface area contributed by atoms with E-state index in [-0.39, 0.29) is 16.6 Å². The fourth-order valence-corrected chi connectivity index (χ4v) is 2.52. The Morgan fingerprint density at radius 1 is 1.09 bits per heavy atom. The molecule has 0 heterocycles. The van der Waals surface area contributed by atoms with E-state index >= 15 is 0 Å². The van der Waals surface area contributed by atoms with Gasteiger partial charge in [0, 0.05) is 6.92 Å². The summed E-state index contributed by atoms with van der Waals surface area (Å²) in [6, 6.07) is 14.2. The van der Waals surface area contributed by atoms with Gasteiger partial charge < -0.3 is 4.18 Å². The van der Waals surface area contributed by atoms with Gasteiger partial charge in [-0.1, -0.05) is 18.2 Å². The predicted molar refractivity (Wildman–Crippen MR) is 82.1 cm³/mol. The molecule has 0 saturated heterocycles. The zero-order chi connectivity index (χ0) is 16.0. The van der Waals surface area contributed by atoms with Crippen LogP contribution in [0, 0.1) is 0 Å². The summed E-state index contributed by atoms with van der Waals surface area (Å²) in [5, 5.41) is 3.71. The fraction of sp³-hybridized carbons (Fsp3) is 0.0667. The number of hydrogen-bond donors (Lipinski definition) is 1. The summed E-state index contributed by atoms with van der Waals surface area (Å²) in [6.07, 6.45) is 1.44. The highest BCUT2D eigenvalue weighted by Gasteiger charge is 2.15. The summed E-state index contributed by atoms with van der Waals surface area (Å²) >= 11 is 0. The zero-order valence-electron chi connectivity index (χ0n) is 11.8. The molecule has 6 nitrogen and oxygen atoms in total. The van der Waals surface area contributed by atoms with E-state index in [2.05, 4.69) is 10.5 Å². The molecule has 0 bridgehead atoms. The number of carbonyl (C=O) groups excluding carboxylic acids is 1. The zero-order valence-corrected chi connectivity index (χ0v) is 12.6. The molecule has 0 spiro atoms. The minimum Gasteiger partial charge on any atom is -0.379 e. The summed E-state index contributed by atoms with van der Waals surface area (Å²) < 4.78 is 29.1. The van der Waals surface area contributed by atoms with Gasteiger partial charge in [-0.2, -0.15) is 13.5 Å². The monoisotopic (exact) mass is 318 g/mol. The Morgan fingerprint density at radius 2 is 1.73 bits per heavy atom. The van der Waals surface area contributed by atoms with Crippen LogP contribution >= 0.6 is 0 Å². The molecule has 0 saturated carbocycles. The molecule has 2 aromatic rings. The molecular weight excluding hydrogens is 304 g/mol. The number of amides is 1. The van der Waals surface area contributed by atoms with E-state index in [1.54, 1.807) is 30.3 Å². The highest BCUT2D eigenvalue weighted by Crippen LogP contribution is 2.18. The molecular formula is C15H14N2O4S. The van der Waals surface area contributed by atoms with E-state index in [0.29, 0.717) is 5.56 Å². The lowest BCUT2D eigenvalue weighted by atomic mass is 10.2. The number of carbonyl (C=O) groups is 1. The smallest absolute Gasteiger partial charge is 0.339 e. The molecule has 0 aliphatic heterocycles. The van der Waals surface area contributed by atoms with E-state index in [4.69, 9.17) is 4.18 Å². The number of hydrazone groups is 1. The van der Waals surface area contributed by atoms with Crippen molar-refractivity contribution in [1.82, 2.24) is 5.43 Å². The number of nitrogens with zero attached hydrogens (tertiary/aromatic N) is 1. The third-order valence-electron chi connectivity index (χ3n) is 2.55. The molecule has 1 amide bonds. The van der Waals surface area contributed by atoms with Gasteiger partial charge in [-0.15, -0.1) is 0 Å². The second kappa shape index (κ2) is 6.86. The molecule has 0 atom stereocenters. The first kappa shape index (κ1) is 15.7. The molecule has 0 aromatic heterocycles. The van der Waals surface area contributed by atoms with Gasteiger partial charge >= 0.3 is 10.1 Å². The van der Waals surface area contributed by atoms with Crippen molar-refractivity contribution < 1.29 is 17.4 Å². The Hall–Kier alpha value is -2.67. The van der Waals surface area contributed by atoms with Crippen LogP contribution in [0.15, 0.2) is 64.6 Å². The largest absolute Gasteiger partial charge is 0.379 e. The Kier molecular flexibility index (Phi) is 4.90. The predicted octanol–water partition coefficient (Wildman–Crippen LogP) is 1.92. The number of nitrogens with one attached hydrogen (secondary N) is 1. The van der Waals surface area contributed by atoms with E-state index in [1.165, 1.54) is 37.4 Å². The Labute approximate surface area is 128 Å². The SMILES string of the molecule is CC(=O)N/N=C/c1ccc(OS(=O)(=O)c2ccccc2)cc1. The van der Waals surface area contributed by atoms with Crippen molar-refractivity contribution in [2.24, 2.45) is 5.10 Å². The maximum atomic E-state index is 12.0. The van der Waals surface area contributed by atoms with E-state index < -0.39 is 10.1 Å². The van der Waals surface area contributed by atoms with Gasteiger partial charge in [0.05, 0.1) is 6.21 Å². The van der Waals surface area contributed by atoms with Crippen molar-refractivity contribution in [2.45, 2.75) is 11.8 Å². The van der Waals surface area contributed by atoms with Gasteiger partial charge in [0.2, 0.25) is 5.91 Å². The van der Waals surface area contributed by atoms with Crippen molar-refractivity contribution in [1.29, 1.82) is 0 Å². The van der Waals surface area contributed by atoms with Crippen LogP contribution in [0.5, 0.6) is 5.75 Å². The summed E-state index contributed by atoms with van der Waals surface area (Å²) in [4.78, 5) is 10.8. The van der Waals surface area contributed by atoms with Crippen molar-refractivity contribution in [3.63, 3.8) is 0 Å². The molecule has 1 N–H and O–H groups in total. The van der Waals surface area contributed by atoms with Crippen molar-refractivity contribution in [3.8, 4) is 5.75 Å². The third kappa shape index (κ3) is 4.42. The van der Waals surface area contributed by atoms with Gasteiger partial charge in [0.15, 0.2) is 0 Å². The van der Waals surface area contributed by atoms with E-state index in [9.17, 15) is 13.2 Å². The quantitative estimate of drug-likeness (QED) is 0.518. The lowest BCUT2D eigenvalue weighted by Gasteiger charge is -2.06. The maximum absolute atomic E-state index is 12.0. The summed E-state index contributed by atoms with van der Waals surface area (Å²) in [5.41, 5.74) is 2.96. The first-order valence-corrected chi connectivity index (χ1v) is 7.77. The van der Waals surface area contributed by atoms with Crippen LogP contribution in [-0.4, -0.2) is 20.5 Å². The number of benzene rings is 2. The average molecular weight is 318 g/mol. The molecule has 0 unspecified atom stereocenters. The molecule has 0 fully saturated rings. The molecule has 0 radical (unpaired) electrons. The van der Waals surface area contributed by atoms with Crippen LogP contribution in [0.2, 0.25) is 0 Å². The van der Waals surface area contributed by atoms with Crippen LogP contribution in [0.4, 0.5) is 0 Å². The van der Waals surface area contributed by atoms with Crippen LogP contribution < -0.4 is 9.61 Å². The maximum Gasteiger partial charge on any atom is 0.339 e. The molecule has 0 aliphatic rings. The summed E-state index contributed by atoms with van der Waals surface area (Å²) in [6.45, 7) is 1.35. The van der Waals surface area contributed by atoms with Gasteiger partial charge in [0.25, 0.3) is 0 Å². The molecule has 7 heteroatoms. The van der Waals surface area contributed by atoms with Crippen molar-refractivity contribution in [2.75, 3.05) is 0 Å². The van der Waals surface area contributed by atoms with Crippen molar-refractivity contribution in [3.05, 3.63) is 60.2 Å². The molecule has 2 rings (SSSR count). The van der Waals surface area contributed by atoms with Crippen LogP contribution in [0.1, 0.15) is 12.5 Å². The normalized spacial score (nSPS) is 11.3. The Morgan fingerprint density at radius 3 is 2.32 bits per heavy atom. The fourth-order valence-electron chi connectivity index (χ4n) is 1.57. The Bertz CT molecular complexity index is 769. The van der Waals surface area contributed by atoms with Gasteiger partial charge in [-0.05, 0) is 42.0 Å². The first-order valence-electron chi connectivity index (χ1n) is 6.36. The highest BCUT2D eigenvalue weighted by molar-refractivity contribution is 7.87. The van der Waals surface area contributed by atoms with Crippen LogP contribution in [0.25, 0.3) is 0 Å². The highest BCUT2D eigenvalue weighted by atomic mass is 32.2. The van der Waals surface area contributed by atoms with Gasteiger partial charge in [-0.3, -0.25) is 4.79 Å².